The van der Waals surface area contributed by atoms with Gasteiger partial charge in [0.05, 0.1) is 22.7 Å². The van der Waals surface area contributed by atoms with Gasteiger partial charge in [-0.1, -0.05) is 0 Å². The minimum Gasteiger partial charge on any atom is -0.304 e. The number of nitro groups is 1. The first-order valence-electron chi connectivity index (χ1n) is 4.81. The first-order chi connectivity index (χ1) is 8.09. The summed E-state index contributed by atoms with van der Waals surface area (Å²) in [7, 11) is 0. The van der Waals surface area contributed by atoms with Gasteiger partial charge < -0.3 is 4.57 Å². The molecule has 2 heterocycles. The van der Waals surface area contributed by atoms with E-state index >= 15 is 0 Å². The Morgan fingerprint density at radius 3 is 2.94 bits per heavy atom. The van der Waals surface area contributed by atoms with Gasteiger partial charge in [0.25, 0.3) is 0 Å². The molecule has 0 bridgehead atoms. The number of aromatic nitrogens is 2. The van der Waals surface area contributed by atoms with Crippen LogP contribution in [0.25, 0.3) is 0 Å². The average molecular weight is 251 g/mol. The lowest BCUT2D eigenvalue weighted by molar-refractivity contribution is -0.387. The van der Waals surface area contributed by atoms with E-state index in [2.05, 4.69) is 4.98 Å². The summed E-state index contributed by atoms with van der Waals surface area (Å²) in [4.78, 5) is 26.0. The van der Waals surface area contributed by atoms with Crippen LogP contribution >= 0.6 is 11.3 Å². The van der Waals surface area contributed by atoms with Gasteiger partial charge in [-0.2, -0.15) is 0 Å². The molecule has 2 aromatic rings. The zero-order valence-electron chi connectivity index (χ0n) is 8.99. The molecule has 2 rings (SSSR count). The number of hydrogen-bond donors (Lipinski definition) is 0. The van der Waals surface area contributed by atoms with Crippen LogP contribution in [0.1, 0.15) is 11.3 Å². The maximum Gasteiger partial charge on any atom is 0.336 e. The molecule has 88 valence electrons. The molecular weight excluding hydrogens is 242 g/mol. The minimum atomic E-state index is -0.644. The second kappa shape index (κ2) is 4.46. The van der Waals surface area contributed by atoms with Crippen molar-refractivity contribution < 1.29 is 4.92 Å². The molecule has 6 nitrogen and oxygen atoms in total. The second-order valence-electron chi connectivity index (χ2n) is 3.52. The Balaban J connectivity index is 2.46. The highest BCUT2D eigenvalue weighted by molar-refractivity contribution is 7.07. The van der Waals surface area contributed by atoms with Gasteiger partial charge in [-0.05, 0) is 13.0 Å². The molecule has 0 unspecified atom stereocenters. The molecular formula is C10H9N3O3S. The molecule has 0 atom stereocenters. The second-order valence-corrected chi connectivity index (χ2v) is 4.24. The van der Waals surface area contributed by atoms with E-state index < -0.39 is 10.5 Å². The zero-order valence-corrected chi connectivity index (χ0v) is 9.81. The lowest BCUT2D eigenvalue weighted by Crippen LogP contribution is -2.23. The fourth-order valence-electron chi connectivity index (χ4n) is 1.49. The highest BCUT2D eigenvalue weighted by Crippen LogP contribution is 2.11. The van der Waals surface area contributed by atoms with Crippen molar-refractivity contribution in [1.82, 2.24) is 9.55 Å². The van der Waals surface area contributed by atoms with Gasteiger partial charge in [-0.3, -0.25) is 14.9 Å². The quantitative estimate of drug-likeness (QED) is 0.612. The molecule has 2 aromatic heterocycles. The minimum absolute atomic E-state index is 0.253. The summed E-state index contributed by atoms with van der Waals surface area (Å²) in [6.07, 6.45) is 1.55. The van der Waals surface area contributed by atoms with E-state index in [0.717, 1.165) is 5.69 Å². The molecule has 0 N–H and O–H groups in total. The molecule has 0 fully saturated rings. The standard InChI is InChI=1S/C10H9N3O3S/c1-7-2-3-12(4-8-5-17-6-11-8)10(14)9(7)13(15)16/h2-3,5-6H,4H2,1H3. The van der Waals surface area contributed by atoms with Gasteiger partial charge in [0.2, 0.25) is 0 Å². The number of aryl methyl sites for hydroxylation is 1. The molecule has 0 aromatic carbocycles. The van der Waals surface area contributed by atoms with Crippen molar-refractivity contribution in [3.8, 4) is 0 Å². The highest BCUT2D eigenvalue weighted by Gasteiger charge is 2.18. The van der Waals surface area contributed by atoms with Gasteiger partial charge in [-0.15, -0.1) is 11.3 Å². The molecule has 0 saturated carbocycles. The smallest absolute Gasteiger partial charge is 0.304 e. The van der Waals surface area contributed by atoms with E-state index in [-0.39, 0.29) is 12.2 Å². The Morgan fingerprint density at radius 2 is 2.35 bits per heavy atom. The Morgan fingerprint density at radius 1 is 1.59 bits per heavy atom. The van der Waals surface area contributed by atoms with Crippen LogP contribution in [-0.4, -0.2) is 14.5 Å². The monoisotopic (exact) mass is 251 g/mol. The maximum atomic E-state index is 11.9. The largest absolute Gasteiger partial charge is 0.336 e. The summed E-state index contributed by atoms with van der Waals surface area (Å²) in [6, 6.07) is 1.56. The van der Waals surface area contributed by atoms with E-state index in [0.29, 0.717) is 5.56 Å². The highest BCUT2D eigenvalue weighted by atomic mass is 32.1. The summed E-state index contributed by atoms with van der Waals surface area (Å²) >= 11 is 1.42. The van der Waals surface area contributed by atoms with E-state index in [1.165, 1.54) is 15.9 Å². The summed E-state index contributed by atoms with van der Waals surface area (Å²) in [5.74, 6) is 0. The summed E-state index contributed by atoms with van der Waals surface area (Å²) in [5, 5.41) is 12.6. The third-order valence-electron chi connectivity index (χ3n) is 2.34. The zero-order chi connectivity index (χ0) is 12.4. The Labute approximate surface area is 100 Å². The van der Waals surface area contributed by atoms with Crippen LogP contribution in [0, 0.1) is 17.0 Å². The number of pyridine rings is 1. The molecule has 17 heavy (non-hydrogen) atoms. The first-order valence-corrected chi connectivity index (χ1v) is 5.75. The van der Waals surface area contributed by atoms with Crippen molar-refractivity contribution in [3.05, 3.63) is 54.9 Å². The van der Waals surface area contributed by atoms with E-state index in [9.17, 15) is 14.9 Å². The van der Waals surface area contributed by atoms with Gasteiger partial charge >= 0.3 is 11.2 Å². The summed E-state index contributed by atoms with van der Waals surface area (Å²) in [6.45, 7) is 1.80. The molecule has 0 saturated heterocycles. The molecule has 0 spiro atoms. The van der Waals surface area contributed by atoms with E-state index in [1.54, 1.807) is 30.1 Å². The van der Waals surface area contributed by atoms with Crippen molar-refractivity contribution in [1.29, 1.82) is 0 Å². The third-order valence-corrected chi connectivity index (χ3v) is 2.98. The Hall–Kier alpha value is -2.02. The van der Waals surface area contributed by atoms with Crippen molar-refractivity contribution in [2.24, 2.45) is 0 Å². The number of thiazole rings is 1. The number of nitrogens with zero attached hydrogens (tertiary/aromatic N) is 3. The number of hydrogen-bond acceptors (Lipinski definition) is 5. The number of rotatable bonds is 3. The molecule has 0 radical (unpaired) electrons. The summed E-state index contributed by atoms with van der Waals surface area (Å²) in [5.41, 5.74) is 1.78. The van der Waals surface area contributed by atoms with Crippen molar-refractivity contribution in [2.45, 2.75) is 13.5 Å². The van der Waals surface area contributed by atoms with Crippen LogP contribution in [0.2, 0.25) is 0 Å². The first kappa shape index (κ1) is 11.5. The third kappa shape index (κ3) is 2.23. The van der Waals surface area contributed by atoms with E-state index in [1.807, 2.05) is 0 Å². The normalized spacial score (nSPS) is 10.4. The lowest BCUT2D eigenvalue weighted by Gasteiger charge is -2.04. The van der Waals surface area contributed by atoms with Crippen molar-refractivity contribution >= 4 is 17.0 Å². The molecule has 0 aliphatic rings. The van der Waals surface area contributed by atoms with Gasteiger partial charge in [0.15, 0.2) is 0 Å². The van der Waals surface area contributed by atoms with Crippen LogP contribution in [-0.2, 0) is 6.54 Å². The fourth-order valence-corrected chi connectivity index (χ4v) is 2.04. The van der Waals surface area contributed by atoms with Crippen LogP contribution < -0.4 is 5.56 Å². The molecule has 0 aliphatic carbocycles. The van der Waals surface area contributed by atoms with Crippen molar-refractivity contribution in [3.63, 3.8) is 0 Å². The van der Waals surface area contributed by atoms with Gasteiger partial charge in [-0.25, -0.2) is 4.98 Å². The lowest BCUT2D eigenvalue weighted by atomic mass is 10.2. The Bertz CT molecular complexity index is 604. The van der Waals surface area contributed by atoms with Gasteiger partial charge in [0.1, 0.15) is 0 Å². The predicted octanol–water partition coefficient (Wildman–Crippen LogP) is 1.57. The average Bonchev–Trinajstić information content (AvgIpc) is 2.74. The van der Waals surface area contributed by atoms with Crippen LogP contribution in [0.3, 0.4) is 0 Å². The van der Waals surface area contributed by atoms with E-state index in [4.69, 9.17) is 0 Å². The van der Waals surface area contributed by atoms with Crippen LogP contribution in [0.4, 0.5) is 5.69 Å². The van der Waals surface area contributed by atoms with Crippen molar-refractivity contribution in [2.75, 3.05) is 0 Å². The maximum absolute atomic E-state index is 11.9. The summed E-state index contributed by atoms with van der Waals surface area (Å²) < 4.78 is 1.29. The molecule has 0 amide bonds. The predicted molar refractivity (Wildman–Crippen MR) is 63.3 cm³/mol. The Kier molecular flexibility index (Phi) is 3.01. The SMILES string of the molecule is Cc1ccn(Cc2cscn2)c(=O)c1[N+](=O)[O-]. The fraction of sp³-hybridized carbons (Fsp3) is 0.200. The van der Waals surface area contributed by atoms with Gasteiger partial charge in [0, 0.05) is 17.1 Å². The molecule has 0 aliphatic heterocycles. The van der Waals surface area contributed by atoms with Crippen LogP contribution in [0.5, 0.6) is 0 Å². The molecule has 7 heteroatoms. The van der Waals surface area contributed by atoms with Crippen LogP contribution in [0.15, 0.2) is 27.9 Å². The topological polar surface area (TPSA) is 78.0 Å².